The Labute approximate surface area is 114 Å². The van der Waals surface area contributed by atoms with Gasteiger partial charge in [-0.25, -0.2) is 0 Å². The number of furan rings is 1. The molecule has 1 aromatic carbocycles. The predicted molar refractivity (Wildman–Crippen MR) is 78.3 cm³/mol. The number of aliphatic hydroxyl groups is 1. The summed E-state index contributed by atoms with van der Waals surface area (Å²) in [5.74, 6) is 0. The first-order chi connectivity index (χ1) is 9.04. The normalized spacial score (nSPS) is 12.5. The second-order valence-electron chi connectivity index (χ2n) is 5.71. The van der Waals surface area contributed by atoms with Crippen molar-refractivity contribution in [3.63, 3.8) is 0 Å². The van der Waals surface area contributed by atoms with Crippen molar-refractivity contribution in [1.82, 2.24) is 4.90 Å². The molecule has 0 aliphatic rings. The van der Waals surface area contributed by atoms with Gasteiger partial charge in [0.05, 0.1) is 6.26 Å². The van der Waals surface area contributed by atoms with E-state index in [1.807, 2.05) is 24.5 Å². The van der Waals surface area contributed by atoms with Gasteiger partial charge in [0.2, 0.25) is 0 Å². The Bertz CT molecular complexity index is 530. The van der Waals surface area contributed by atoms with Gasteiger partial charge in [-0.2, -0.15) is 0 Å². The highest BCUT2D eigenvalue weighted by atomic mass is 16.3. The molecule has 1 N–H and O–H groups in total. The number of hydrogen-bond donors (Lipinski definition) is 1. The molecule has 0 saturated heterocycles. The standard InChI is InChI=1S/C16H23NO2/c1-16(2,9-11-18)17(3)10-8-13-12-19-15-7-5-4-6-14(13)15/h4-7,12,18H,8-11H2,1-3H3. The van der Waals surface area contributed by atoms with E-state index in [2.05, 4.69) is 31.9 Å². The first kappa shape index (κ1) is 14.1. The minimum absolute atomic E-state index is 0.0221. The minimum atomic E-state index is 0.0221. The molecule has 3 heteroatoms. The Kier molecular flexibility index (Phi) is 4.27. The molecule has 3 nitrogen and oxygen atoms in total. The molecule has 0 radical (unpaired) electrons. The maximum absolute atomic E-state index is 9.10. The zero-order valence-corrected chi connectivity index (χ0v) is 12.0. The van der Waals surface area contributed by atoms with Crippen LogP contribution in [0.1, 0.15) is 25.8 Å². The van der Waals surface area contributed by atoms with Crippen molar-refractivity contribution in [2.75, 3.05) is 20.2 Å². The van der Waals surface area contributed by atoms with Crippen LogP contribution in [0.25, 0.3) is 11.0 Å². The molecule has 0 aliphatic carbocycles. The highest BCUT2D eigenvalue weighted by molar-refractivity contribution is 5.80. The maximum Gasteiger partial charge on any atom is 0.134 e. The third-order valence-corrected chi connectivity index (χ3v) is 4.03. The van der Waals surface area contributed by atoms with Crippen molar-refractivity contribution < 1.29 is 9.52 Å². The van der Waals surface area contributed by atoms with Gasteiger partial charge in [0.25, 0.3) is 0 Å². The third-order valence-electron chi connectivity index (χ3n) is 4.03. The molecule has 0 aliphatic heterocycles. The van der Waals surface area contributed by atoms with Crippen LogP contribution in [0.15, 0.2) is 34.9 Å². The lowest BCUT2D eigenvalue weighted by molar-refractivity contribution is 0.118. The number of benzene rings is 1. The summed E-state index contributed by atoms with van der Waals surface area (Å²) >= 11 is 0. The van der Waals surface area contributed by atoms with Crippen LogP contribution in [0.3, 0.4) is 0 Å². The molecule has 0 bridgehead atoms. The fraction of sp³-hybridized carbons (Fsp3) is 0.500. The van der Waals surface area contributed by atoms with Crippen molar-refractivity contribution in [2.24, 2.45) is 0 Å². The third kappa shape index (κ3) is 3.17. The molecule has 0 amide bonds. The lowest BCUT2D eigenvalue weighted by atomic mass is 9.98. The van der Waals surface area contributed by atoms with Crippen LogP contribution in [0, 0.1) is 0 Å². The summed E-state index contributed by atoms with van der Waals surface area (Å²) in [4.78, 5) is 2.30. The van der Waals surface area contributed by atoms with Crippen LogP contribution in [0.5, 0.6) is 0 Å². The highest BCUT2D eigenvalue weighted by Crippen LogP contribution is 2.22. The van der Waals surface area contributed by atoms with Crippen LogP contribution in [-0.4, -0.2) is 35.7 Å². The smallest absolute Gasteiger partial charge is 0.134 e. The van der Waals surface area contributed by atoms with E-state index >= 15 is 0 Å². The number of hydrogen-bond acceptors (Lipinski definition) is 3. The van der Waals surface area contributed by atoms with Crippen LogP contribution < -0.4 is 0 Å². The molecule has 0 spiro atoms. The number of rotatable bonds is 6. The minimum Gasteiger partial charge on any atom is -0.464 e. The Balaban J connectivity index is 2.02. The van der Waals surface area contributed by atoms with E-state index in [0.717, 1.165) is 25.0 Å². The number of aliphatic hydroxyl groups excluding tert-OH is 1. The summed E-state index contributed by atoms with van der Waals surface area (Å²) in [7, 11) is 2.11. The topological polar surface area (TPSA) is 36.6 Å². The van der Waals surface area contributed by atoms with Gasteiger partial charge in [-0.15, -0.1) is 0 Å². The second-order valence-corrected chi connectivity index (χ2v) is 5.71. The highest BCUT2D eigenvalue weighted by Gasteiger charge is 2.22. The summed E-state index contributed by atoms with van der Waals surface area (Å²) in [5.41, 5.74) is 2.23. The van der Waals surface area contributed by atoms with E-state index in [-0.39, 0.29) is 12.1 Å². The van der Waals surface area contributed by atoms with Crippen LogP contribution in [0.4, 0.5) is 0 Å². The fourth-order valence-electron chi connectivity index (χ4n) is 2.28. The van der Waals surface area contributed by atoms with Crippen molar-refractivity contribution in [1.29, 1.82) is 0 Å². The lowest BCUT2D eigenvalue weighted by Gasteiger charge is -2.35. The Morgan fingerprint density at radius 2 is 2.00 bits per heavy atom. The van der Waals surface area contributed by atoms with Gasteiger partial charge < -0.3 is 14.4 Å². The number of para-hydroxylation sites is 1. The van der Waals surface area contributed by atoms with Gasteiger partial charge in [-0.3, -0.25) is 0 Å². The summed E-state index contributed by atoms with van der Waals surface area (Å²) in [6.45, 7) is 5.51. The van der Waals surface area contributed by atoms with Gasteiger partial charge in [0.15, 0.2) is 0 Å². The van der Waals surface area contributed by atoms with Gasteiger partial charge in [0, 0.05) is 24.1 Å². The number of likely N-dealkylation sites (N-methyl/N-ethyl adjacent to an activating group) is 1. The second kappa shape index (κ2) is 5.76. The average molecular weight is 261 g/mol. The molecule has 0 saturated carbocycles. The molecule has 0 fully saturated rings. The number of fused-ring (bicyclic) bond motifs is 1. The Hall–Kier alpha value is -1.32. The molecule has 0 unspecified atom stereocenters. The van der Waals surface area contributed by atoms with E-state index in [9.17, 15) is 0 Å². The fourth-order valence-corrected chi connectivity index (χ4v) is 2.28. The molecule has 19 heavy (non-hydrogen) atoms. The molecule has 2 aromatic rings. The predicted octanol–water partition coefficient (Wildman–Crippen LogP) is 3.07. The van der Waals surface area contributed by atoms with E-state index in [4.69, 9.17) is 9.52 Å². The van der Waals surface area contributed by atoms with E-state index in [0.29, 0.717) is 0 Å². The van der Waals surface area contributed by atoms with Gasteiger partial charge in [0.1, 0.15) is 5.58 Å². The quantitative estimate of drug-likeness (QED) is 0.868. The summed E-state index contributed by atoms with van der Waals surface area (Å²) in [5, 5.41) is 10.3. The maximum atomic E-state index is 9.10. The summed E-state index contributed by atoms with van der Waals surface area (Å²) in [6, 6.07) is 8.14. The van der Waals surface area contributed by atoms with E-state index in [1.54, 1.807) is 0 Å². The molecule has 1 aromatic heterocycles. The Morgan fingerprint density at radius 3 is 2.74 bits per heavy atom. The van der Waals surface area contributed by atoms with Crippen LogP contribution >= 0.6 is 0 Å². The Morgan fingerprint density at radius 1 is 1.26 bits per heavy atom. The van der Waals surface area contributed by atoms with E-state index < -0.39 is 0 Å². The van der Waals surface area contributed by atoms with Gasteiger partial charge >= 0.3 is 0 Å². The van der Waals surface area contributed by atoms with Crippen LogP contribution in [0.2, 0.25) is 0 Å². The molecule has 2 rings (SSSR count). The molecular weight excluding hydrogens is 238 g/mol. The van der Waals surface area contributed by atoms with Gasteiger partial charge in [-0.05, 0) is 45.4 Å². The SMILES string of the molecule is CN(CCc1coc2ccccc12)C(C)(C)CCO. The molecule has 104 valence electrons. The number of nitrogens with zero attached hydrogens (tertiary/aromatic N) is 1. The zero-order valence-electron chi connectivity index (χ0n) is 12.0. The first-order valence-corrected chi connectivity index (χ1v) is 6.82. The monoisotopic (exact) mass is 261 g/mol. The molecule has 1 heterocycles. The van der Waals surface area contributed by atoms with Crippen molar-refractivity contribution in [2.45, 2.75) is 32.2 Å². The molecule has 0 atom stereocenters. The van der Waals surface area contributed by atoms with Gasteiger partial charge in [-0.1, -0.05) is 18.2 Å². The summed E-state index contributed by atoms with van der Waals surface area (Å²) in [6.07, 6.45) is 3.61. The largest absolute Gasteiger partial charge is 0.464 e. The lowest BCUT2D eigenvalue weighted by Crippen LogP contribution is -2.42. The average Bonchev–Trinajstić information content (AvgIpc) is 2.79. The van der Waals surface area contributed by atoms with Crippen LogP contribution in [-0.2, 0) is 6.42 Å². The summed E-state index contributed by atoms with van der Waals surface area (Å²) < 4.78 is 5.56. The van der Waals surface area contributed by atoms with Crippen molar-refractivity contribution in [3.8, 4) is 0 Å². The first-order valence-electron chi connectivity index (χ1n) is 6.82. The molecular formula is C16H23NO2. The van der Waals surface area contributed by atoms with Crippen molar-refractivity contribution in [3.05, 3.63) is 36.1 Å². The van der Waals surface area contributed by atoms with E-state index in [1.165, 1.54) is 10.9 Å². The zero-order chi connectivity index (χ0) is 13.9. The van der Waals surface area contributed by atoms with Crippen molar-refractivity contribution >= 4 is 11.0 Å².